The molecule has 0 spiro atoms. The van der Waals surface area contributed by atoms with Gasteiger partial charge in [0.05, 0.1) is 18.8 Å². The minimum Gasteiger partial charge on any atom is -0.374 e. The first-order valence-electron chi connectivity index (χ1n) is 7.32. The van der Waals surface area contributed by atoms with Gasteiger partial charge in [0, 0.05) is 24.7 Å². The number of morpholine rings is 1. The Kier molecular flexibility index (Phi) is 5.13. The average molecular weight is 280 g/mol. The summed E-state index contributed by atoms with van der Waals surface area (Å²) in [4.78, 5) is 2.38. The maximum Gasteiger partial charge on any atom is 0.128 e. The summed E-state index contributed by atoms with van der Waals surface area (Å²) in [6.45, 7) is 8.83. The second kappa shape index (κ2) is 6.66. The largest absolute Gasteiger partial charge is 0.374 e. The van der Waals surface area contributed by atoms with Crippen LogP contribution in [0.25, 0.3) is 0 Å². The summed E-state index contributed by atoms with van der Waals surface area (Å²) in [5, 5.41) is 3.22. The first-order valence-corrected chi connectivity index (χ1v) is 7.32. The fraction of sp³-hybridized carbons (Fsp3) is 0.625. The van der Waals surface area contributed by atoms with Crippen molar-refractivity contribution in [3.63, 3.8) is 0 Å². The Morgan fingerprint density at radius 2 is 2.15 bits per heavy atom. The third-order valence-corrected chi connectivity index (χ3v) is 4.02. The Labute approximate surface area is 121 Å². The van der Waals surface area contributed by atoms with Crippen LogP contribution in [0.5, 0.6) is 0 Å². The molecule has 0 aromatic heterocycles. The monoisotopic (exact) mass is 280 g/mol. The van der Waals surface area contributed by atoms with Crippen molar-refractivity contribution >= 4 is 0 Å². The van der Waals surface area contributed by atoms with Crippen LogP contribution in [0, 0.1) is 12.7 Å². The SMILES string of the molecule is CNC(c1cc(C)ccc1F)C1CN(C(C)C)CCO1. The van der Waals surface area contributed by atoms with Gasteiger partial charge in [-0.05, 0) is 33.9 Å². The van der Waals surface area contributed by atoms with E-state index in [9.17, 15) is 4.39 Å². The third-order valence-electron chi connectivity index (χ3n) is 4.02. The molecule has 1 heterocycles. The number of aryl methyl sites for hydroxylation is 1. The molecule has 20 heavy (non-hydrogen) atoms. The highest BCUT2D eigenvalue weighted by Gasteiger charge is 2.30. The van der Waals surface area contributed by atoms with Gasteiger partial charge >= 0.3 is 0 Å². The van der Waals surface area contributed by atoms with E-state index in [0.29, 0.717) is 18.2 Å². The lowest BCUT2D eigenvalue weighted by Gasteiger charge is -2.39. The van der Waals surface area contributed by atoms with Crippen LogP contribution in [0.15, 0.2) is 18.2 Å². The lowest BCUT2D eigenvalue weighted by molar-refractivity contribution is -0.0555. The van der Waals surface area contributed by atoms with Gasteiger partial charge in [0.1, 0.15) is 5.82 Å². The van der Waals surface area contributed by atoms with Gasteiger partial charge in [-0.1, -0.05) is 17.7 Å². The molecule has 3 nitrogen and oxygen atoms in total. The fourth-order valence-electron chi connectivity index (χ4n) is 2.81. The van der Waals surface area contributed by atoms with E-state index in [-0.39, 0.29) is 18.0 Å². The highest BCUT2D eigenvalue weighted by Crippen LogP contribution is 2.26. The van der Waals surface area contributed by atoms with Crippen LogP contribution < -0.4 is 5.32 Å². The number of hydrogen-bond acceptors (Lipinski definition) is 3. The van der Waals surface area contributed by atoms with Gasteiger partial charge in [-0.25, -0.2) is 4.39 Å². The van der Waals surface area contributed by atoms with E-state index in [0.717, 1.165) is 18.7 Å². The lowest BCUT2D eigenvalue weighted by atomic mass is 9.97. The molecule has 2 unspecified atom stereocenters. The van der Waals surface area contributed by atoms with Gasteiger partial charge < -0.3 is 10.1 Å². The minimum atomic E-state index is -0.166. The predicted molar refractivity (Wildman–Crippen MR) is 79.4 cm³/mol. The van der Waals surface area contributed by atoms with Crippen LogP contribution in [0.1, 0.15) is 31.0 Å². The second-order valence-electron chi connectivity index (χ2n) is 5.79. The molecule has 1 saturated heterocycles. The molecule has 1 aliphatic rings. The molecule has 0 amide bonds. The Morgan fingerprint density at radius 1 is 1.40 bits per heavy atom. The first kappa shape index (κ1) is 15.4. The molecule has 4 heteroatoms. The smallest absolute Gasteiger partial charge is 0.128 e. The topological polar surface area (TPSA) is 24.5 Å². The molecule has 0 saturated carbocycles. The summed E-state index contributed by atoms with van der Waals surface area (Å²) in [7, 11) is 1.87. The van der Waals surface area contributed by atoms with Gasteiger partial charge in [0.15, 0.2) is 0 Å². The summed E-state index contributed by atoms with van der Waals surface area (Å²) >= 11 is 0. The van der Waals surface area contributed by atoms with Gasteiger partial charge in [0.2, 0.25) is 0 Å². The van der Waals surface area contributed by atoms with E-state index in [1.54, 1.807) is 6.07 Å². The number of rotatable bonds is 4. The molecule has 0 radical (unpaired) electrons. The standard InChI is InChI=1S/C16H25FN2O/c1-11(2)19-7-8-20-15(10-19)16(18-4)13-9-12(3)5-6-14(13)17/h5-6,9,11,15-16,18H,7-8,10H2,1-4H3. The Bertz CT molecular complexity index is 450. The van der Waals surface area contributed by atoms with Gasteiger partial charge in [0.25, 0.3) is 0 Å². The number of likely N-dealkylation sites (N-methyl/N-ethyl adjacent to an activating group) is 1. The van der Waals surface area contributed by atoms with Crippen LogP contribution >= 0.6 is 0 Å². The maximum absolute atomic E-state index is 14.1. The summed E-state index contributed by atoms with van der Waals surface area (Å²) in [5.41, 5.74) is 1.77. The van der Waals surface area contributed by atoms with Gasteiger partial charge in [-0.3, -0.25) is 4.90 Å². The summed E-state index contributed by atoms with van der Waals surface area (Å²) in [6, 6.07) is 5.62. The molecule has 1 fully saturated rings. The molecule has 0 bridgehead atoms. The highest BCUT2D eigenvalue weighted by molar-refractivity contribution is 5.28. The number of hydrogen-bond donors (Lipinski definition) is 1. The molecule has 1 aromatic rings. The number of nitrogens with one attached hydrogen (secondary N) is 1. The van der Waals surface area contributed by atoms with Crippen LogP contribution in [0.3, 0.4) is 0 Å². The van der Waals surface area contributed by atoms with Crippen LogP contribution in [-0.4, -0.2) is 43.8 Å². The molecule has 2 rings (SSSR count). The quantitative estimate of drug-likeness (QED) is 0.917. The van der Waals surface area contributed by atoms with E-state index in [4.69, 9.17) is 4.74 Å². The molecule has 1 aromatic carbocycles. The zero-order chi connectivity index (χ0) is 14.7. The fourth-order valence-corrected chi connectivity index (χ4v) is 2.81. The molecular weight excluding hydrogens is 255 g/mol. The predicted octanol–water partition coefficient (Wildman–Crippen LogP) is 2.50. The van der Waals surface area contributed by atoms with Crippen LogP contribution in [0.4, 0.5) is 4.39 Å². The van der Waals surface area contributed by atoms with E-state index >= 15 is 0 Å². The van der Waals surface area contributed by atoms with Gasteiger partial charge in [-0.2, -0.15) is 0 Å². The lowest BCUT2D eigenvalue weighted by Crippen LogP contribution is -2.50. The van der Waals surface area contributed by atoms with Crippen molar-refractivity contribution in [1.82, 2.24) is 10.2 Å². The van der Waals surface area contributed by atoms with Crippen LogP contribution in [-0.2, 0) is 4.74 Å². The molecule has 2 atom stereocenters. The second-order valence-corrected chi connectivity index (χ2v) is 5.79. The molecule has 1 aliphatic heterocycles. The van der Waals surface area contributed by atoms with E-state index in [1.165, 1.54) is 6.07 Å². The van der Waals surface area contributed by atoms with Crippen LogP contribution in [0.2, 0.25) is 0 Å². The van der Waals surface area contributed by atoms with Crippen molar-refractivity contribution in [3.8, 4) is 0 Å². The van der Waals surface area contributed by atoms with Crippen molar-refractivity contribution in [2.24, 2.45) is 0 Å². The van der Waals surface area contributed by atoms with Crippen molar-refractivity contribution in [2.75, 3.05) is 26.7 Å². The molecule has 112 valence electrons. The number of ether oxygens (including phenoxy) is 1. The van der Waals surface area contributed by atoms with Gasteiger partial charge in [-0.15, -0.1) is 0 Å². The minimum absolute atomic E-state index is 0.0209. The first-order chi connectivity index (χ1) is 9.52. The van der Waals surface area contributed by atoms with E-state index in [1.807, 2.05) is 20.0 Å². The van der Waals surface area contributed by atoms with Crippen molar-refractivity contribution < 1.29 is 9.13 Å². The zero-order valence-corrected chi connectivity index (χ0v) is 12.8. The Morgan fingerprint density at radius 3 is 2.80 bits per heavy atom. The summed E-state index contributed by atoms with van der Waals surface area (Å²) in [6.07, 6.45) is -0.0209. The molecule has 1 N–H and O–H groups in total. The summed E-state index contributed by atoms with van der Waals surface area (Å²) < 4.78 is 20.0. The summed E-state index contributed by atoms with van der Waals surface area (Å²) in [5.74, 6) is -0.166. The Balaban J connectivity index is 2.21. The maximum atomic E-state index is 14.1. The third kappa shape index (κ3) is 3.37. The van der Waals surface area contributed by atoms with E-state index < -0.39 is 0 Å². The molecule has 0 aliphatic carbocycles. The highest BCUT2D eigenvalue weighted by atomic mass is 19.1. The zero-order valence-electron chi connectivity index (χ0n) is 12.8. The van der Waals surface area contributed by atoms with Crippen molar-refractivity contribution in [3.05, 3.63) is 35.1 Å². The van der Waals surface area contributed by atoms with E-state index in [2.05, 4.69) is 24.1 Å². The van der Waals surface area contributed by atoms with Crippen molar-refractivity contribution in [1.29, 1.82) is 0 Å². The number of nitrogens with zero attached hydrogens (tertiary/aromatic N) is 1. The number of halogens is 1. The number of benzene rings is 1. The van der Waals surface area contributed by atoms with Crippen molar-refractivity contribution in [2.45, 2.75) is 39.0 Å². The average Bonchev–Trinajstić information content (AvgIpc) is 2.44. The molecular formula is C16H25FN2O. The normalized spacial score (nSPS) is 22.2. The Hall–Kier alpha value is -0.970.